The van der Waals surface area contributed by atoms with Crippen LogP contribution in [-0.2, 0) is 10.8 Å². The second-order valence-corrected chi connectivity index (χ2v) is 13.9. The van der Waals surface area contributed by atoms with Crippen molar-refractivity contribution in [2.45, 2.75) is 50.6 Å². The fraction of sp³-hybridized carbons (Fsp3) is 0.190. The molecular formula is C42H36N2. The van der Waals surface area contributed by atoms with Crippen LogP contribution in [0.25, 0.3) is 34.4 Å². The Hall–Kier alpha value is -4.82. The van der Waals surface area contributed by atoms with E-state index in [9.17, 15) is 0 Å². The number of hydrogen-bond donors (Lipinski definition) is 2. The molecule has 0 amide bonds. The second-order valence-electron chi connectivity index (χ2n) is 13.9. The van der Waals surface area contributed by atoms with Crippen molar-refractivity contribution in [3.63, 3.8) is 0 Å². The first kappa shape index (κ1) is 25.7. The molecular weight excluding hydrogens is 532 g/mol. The minimum absolute atomic E-state index is 0.0112. The Bertz CT molecular complexity index is 1940. The van der Waals surface area contributed by atoms with Crippen molar-refractivity contribution in [2.75, 3.05) is 10.6 Å². The maximum absolute atomic E-state index is 3.94. The first-order chi connectivity index (χ1) is 21.3. The summed E-state index contributed by atoms with van der Waals surface area (Å²) in [4.78, 5) is 0. The molecule has 0 saturated carbocycles. The maximum Gasteiger partial charge on any atom is 0.0702 e. The summed E-state index contributed by atoms with van der Waals surface area (Å²) in [5, 5.41) is 7.87. The largest absolute Gasteiger partial charge is 0.373 e. The third kappa shape index (κ3) is 3.48. The van der Waals surface area contributed by atoms with E-state index in [1.165, 1.54) is 78.1 Å². The summed E-state index contributed by atoms with van der Waals surface area (Å²) in [6.07, 6.45) is 9.19. The van der Waals surface area contributed by atoms with E-state index in [1.54, 1.807) is 0 Å². The molecule has 214 valence electrons. The summed E-state index contributed by atoms with van der Waals surface area (Å²) in [6.45, 7) is 9.41. The molecule has 5 aromatic carbocycles. The zero-order valence-corrected chi connectivity index (χ0v) is 25.7. The number of hydrogen-bond acceptors (Lipinski definition) is 2. The number of benzene rings is 5. The fourth-order valence-corrected chi connectivity index (χ4v) is 8.25. The molecule has 4 aliphatic rings. The quantitative estimate of drug-likeness (QED) is 0.221. The lowest BCUT2D eigenvalue weighted by atomic mass is 9.81. The maximum atomic E-state index is 3.94. The highest BCUT2D eigenvalue weighted by Gasteiger charge is 2.37. The molecule has 2 atom stereocenters. The van der Waals surface area contributed by atoms with Gasteiger partial charge in [-0.1, -0.05) is 149 Å². The molecule has 9 rings (SSSR count). The van der Waals surface area contributed by atoms with E-state index in [0.717, 1.165) is 0 Å². The van der Waals surface area contributed by atoms with Crippen molar-refractivity contribution in [1.82, 2.24) is 0 Å². The highest BCUT2D eigenvalue weighted by atomic mass is 15.0. The summed E-state index contributed by atoms with van der Waals surface area (Å²) in [7, 11) is 0. The molecule has 5 aromatic rings. The van der Waals surface area contributed by atoms with Crippen LogP contribution < -0.4 is 10.6 Å². The fourth-order valence-electron chi connectivity index (χ4n) is 8.25. The van der Waals surface area contributed by atoms with Gasteiger partial charge >= 0.3 is 0 Å². The molecule has 2 nitrogen and oxygen atoms in total. The van der Waals surface area contributed by atoms with Crippen molar-refractivity contribution in [3.05, 3.63) is 154 Å². The van der Waals surface area contributed by atoms with Crippen LogP contribution in [0.4, 0.5) is 11.4 Å². The van der Waals surface area contributed by atoms with Crippen molar-refractivity contribution >= 4 is 23.5 Å². The molecule has 2 aliphatic carbocycles. The zero-order chi connectivity index (χ0) is 29.8. The first-order valence-electron chi connectivity index (χ1n) is 15.9. The molecule has 2 heterocycles. The highest BCUT2D eigenvalue weighted by molar-refractivity contribution is 5.91. The van der Waals surface area contributed by atoms with Gasteiger partial charge in [-0.2, -0.15) is 0 Å². The molecule has 0 bridgehead atoms. The number of rotatable bonds is 2. The van der Waals surface area contributed by atoms with Crippen LogP contribution in [0.2, 0.25) is 0 Å². The Morgan fingerprint density at radius 1 is 0.455 bits per heavy atom. The SMILES string of the molecule is CC1(C)c2ccccc2-c2ccc(C3C=Cc4ccc5c(c4N3)NC(c3ccc4c(c3)C(C)(C)c3ccccc3-4)C=C5)cc21. The Morgan fingerprint density at radius 3 is 1.32 bits per heavy atom. The normalized spacial score (nSPS) is 20.4. The van der Waals surface area contributed by atoms with Crippen LogP contribution in [0.5, 0.6) is 0 Å². The predicted octanol–water partition coefficient (Wildman–Crippen LogP) is 10.7. The average molecular weight is 569 g/mol. The van der Waals surface area contributed by atoms with Crippen LogP contribution >= 0.6 is 0 Å². The Morgan fingerprint density at radius 2 is 0.864 bits per heavy atom. The van der Waals surface area contributed by atoms with Crippen LogP contribution in [-0.4, -0.2) is 0 Å². The Kier molecular flexibility index (Phi) is 5.17. The summed E-state index contributed by atoms with van der Waals surface area (Å²) in [5.74, 6) is 0. The highest BCUT2D eigenvalue weighted by Crippen LogP contribution is 2.51. The van der Waals surface area contributed by atoms with Crippen molar-refractivity contribution in [2.24, 2.45) is 0 Å². The van der Waals surface area contributed by atoms with Gasteiger partial charge in [0.15, 0.2) is 0 Å². The molecule has 0 saturated heterocycles. The standard InChI is InChI=1S/C42H36N2/c1-41(2)33-11-7-5-9-29(33)31-19-15-27(23-35(31)41)37-21-17-25-13-14-26-18-22-38(44-40(26)39(25)43-37)28-16-20-32-30-10-6-8-12-34(30)42(3,4)36(32)24-28/h5-24,37-38,43-44H,1-4H3. The average Bonchev–Trinajstić information content (AvgIpc) is 3.43. The third-order valence-corrected chi connectivity index (χ3v) is 10.7. The summed E-state index contributed by atoms with van der Waals surface area (Å²) < 4.78 is 0. The topological polar surface area (TPSA) is 24.1 Å². The summed E-state index contributed by atoms with van der Waals surface area (Å²) in [5.41, 5.74) is 18.5. The molecule has 2 heteroatoms. The zero-order valence-electron chi connectivity index (χ0n) is 25.7. The van der Waals surface area contributed by atoms with Gasteiger partial charge in [-0.3, -0.25) is 0 Å². The van der Waals surface area contributed by atoms with Gasteiger partial charge in [-0.05, 0) is 66.8 Å². The van der Waals surface area contributed by atoms with Crippen LogP contribution in [0.3, 0.4) is 0 Å². The molecule has 0 fully saturated rings. The van der Waals surface area contributed by atoms with E-state index in [1.807, 2.05) is 0 Å². The molecule has 0 aromatic heterocycles. The van der Waals surface area contributed by atoms with Gasteiger partial charge in [0.2, 0.25) is 0 Å². The summed E-state index contributed by atoms with van der Waals surface area (Å²) in [6, 6.07) is 36.5. The third-order valence-electron chi connectivity index (χ3n) is 10.7. The van der Waals surface area contributed by atoms with E-state index in [-0.39, 0.29) is 22.9 Å². The molecule has 2 unspecified atom stereocenters. The van der Waals surface area contributed by atoms with Gasteiger partial charge in [0.05, 0.1) is 23.5 Å². The Balaban J connectivity index is 1.05. The molecule has 2 N–H and O–H groups in total. The molecule has 44 heavy (non-hydrogen) atoms. The van der Waals surface area contributed by atoms with Gasteiger partial charge in [0.1, 0.15) is 0 Å². The number of anilines is 2. The minimum atomic E-state index is -0.0112. The Labute approximate surface area is 260 Å². The minimum Gasteiger partial charge on any atom is -0.373 e. The van der Waals surface area contributed by atoms with Gasteiger partial charge < -0.3 is 10.6 Å². The molecule has 0 radical (unpaired) electrons. The number of nitrogens with one attached hydrogen (secondary N) is 2. The van der Waals surface area contributed by atoms with Crippen molar-refractivity contribution in [3.8, 4) is 22.3 Å². The van der Waals surface area contributed by atoms with Crippen LogP contribution in [0, 0.1) is 0 Å². The second kappa shape index (κ2) is 8.86. The summed E-state index contributed by atoms with van der Waals surface area (Å²) >= 11 is 0. The lowest BCUT2D eigenvalue weighted by Crippen LogP contribution is -2.20. The van der Waals surface area contributed by atoms with Crippen LogP contribution in [0.1, 0.15) is 84.3 Å². The van der Waals surface area contributed by atoms with E-state index < -0.39 is 0 Å². The molecule has 2 aliphatic heterocycles. The lowest BCUT2D eigenvalue weighted by molar-refractivity contribution is 0.658. The van der Waals surface area contributed by atoms with E-state index in [4.69, 9.17) is 0 Å². The smallest absolute Gasteiger partial charge is 0.0702 e. The predicted molar refractivity (Wildman–Crippen MR) is 185 cm³/mol. The van der Waals surface area contributed by atoms with E-state index in [0.29, 0.717) is 0 Å². The van der Waals surface area contributed by atoms with E-state index >= 15 is 0 Å². The van der Waals surface area contributed by atoms with Gasteiger partial charge in [-0.15, -0.1) is 0 Å². The first-order valence-corrected chi connectivity index (χ1v) is 15.9. The number of fused-ring (bicyclic) bond motifs is 9. The monoisotopic (exact) mass is 568 g/mol. The van der Waals surface area contributed by atoms with Crippen LogP contribution in [0.15, 0.2) is 109 Å². The van der Waals surface area contributed by atoms with Gasteiger partial charge in [0.25, 0.3) is 0 Å². The van der Waals surface area contributed by atoms with Crippen molar-refractivity contribution < 1.29 is 0 Å². The molecule has 0 spiro atoms. The lowest BCUT2D eigenvalue weighted by Gasteiger charge is -2.31. The van der Waals surface area contributed by atoms with Crippen molar-refractivity contribution in [1.29, 1.82) is 0 Å². The van der Waals surface area contributed by atoms with Gasteiger partial charge in [0, 0.05) is 10.8 Å². The van der Waals surface area contributed by atoms with Gasteiger partial charge in [-0.25, -0.2) is 0 Å². The van der Waals surface area contributed by atoms with E-state index in [2.05, 4.69) is 160 Å².